The van der Waals surface area contributed by atoms with Crippen molar-refractivity contribution in [2.45, 2.75) is 38.6 Å². The average Bonchev–Trinajstić information content (AvgIpc) is 2.50. The van der Waals surface area contributed by atoms with Gasteiger partial charge in [-0.25, -0.2) is 0 Å². The highest BCUT2D eigenvalue weighted by molar-refractivity contribution is 5.55. The van der Waals surface area contributed by atoms with Crippen LogP contribution in [0.1, 0.15) is 32.6 Å². The number of hydrogen-bond acceptors (Lipinski definition) is 3. The Morgan fingerprint density at radius 1 is 1.00 bits per heavy atom. The van der Waals surface area contributed by atoms with Crippen molar-refractivity contribution in [2.75, 3.05) is 36.5 Å². The molecule has 2 fully saturated rings. The van der Waals surface area contributed by atoms with E-state index < -0.39 is 0 Å². The number of anilines is 2. The van der Waals surface area contributed by atoms with E-state index in [4.69, 9.17) is 4.74 Å². The average molecular weight is 274 g/mol. The van der Waals surface area contributed by atoms with Crippen LogP contribution in [0.25, 0.3) is 0 Å². The minimum atomic E-state index is 0.574. The molecule has 0 atom stereocenters. The first kappa shape index (κ1) is 13.7. The van der Waals surface area contributed by atoms with Crippen molar-refractivity contribution in [3.05, 3.63) is 24.3 Å². The molecule has 0 aromatic heterocycles. The molecule has 0 spiro atoms. The maximum Gasteiger partial charge on any atom is 0.0485 e. The van der Waals surface area contributed by atoms with Crippen LogP contribution in [0.2, 0.25) is 0 Å². The highest BCUT2D eigenvalue weighted by atomic mass is 16.5. The maximum absolute atomic E-state index is 5.40. The van der Waals surface area contributed by atoms with Gasteiger partial charge in [-0.05, 0) is 55.9 Å². The van der Waals surface area contributed by atoms with E-state index >= 15 is 0 Å². The van der Waals surface area contributed by atoms with Crippen LogP contribution in [0.5, 0.6) is 0 Å². The molecular formula is C17H26N2O. The molecule has 3 heteroatoms. The Bertz CT molecular complexity index is 404. The number of hydrogen-bond donors (Lipinski definition) is 1. The fourth-order valence-corrected chi connectivity index (χ4v) is 3.11. The molecule has 0 unspecified atom stereocenters. The van der Waals surface area contributed by atoms with Crippen molar-refractivity contribution in [2.24, 2.45) is 5.92 Å². The summed E-state index contributed by atoms with van der Waals surface area (Å²) < 4.78 is 5.40. The minimum Gasteiger partial charge on any atom is -0.382 e. The van der Waals surface area contributed by atoms with E-state index in [2.05, 4.69) is 41.4 Å². The molecule has 110 valence electrons. The Morgan fingerprint density at radius 2 is 1.65 bits per heavy atom. The zero-order valence-electron chi connectivity index (χ0n) is 12.5. The smallest absolute Gasteiger partial charge is 0.0485 e. The molecule has 2 aliphatic heterocycles. The van der Waals surface area contributed by atoms with Gasteiger partial charge in [0.2, 0.25) is 0 Å². The van der Waals surface area contributed by atoms with Gasteiger partial charge in [-0.1, -0.05) is 6.92 Å². The van der Waals surface area contributed by atoms with Crippen LogP contribution in [0, 0.1) is 5.92 Å². The lowest BCUT2D eigenvalue weighted by Gasteiger charge is -2.32. The lowest BCUT2D eigenvalue weighted by Crippen LogP contribution is -2.32. The second-order valence-electron chi connectivity index (χ2n) is 6.25. The van der Waals surface area contributed by atoms with E-state index in [0.717, 1.165) is 32.0 Å². The van der Waals surface area contributed by atoms with Gasteiger partial charge >= 0.3 is 0 Å². The molecule has 20 heavy (non-hydrogen) atoms. The molecule has 3 rings (SSSR count). The monoisotopic (exact) mass is 274 g/mol. The summed E-state index contributed by atoms with van der Waals surface area (Å²) >= 11 is 0. The molecule has 0 aliphatic carbocycles. The summed E-state index contributed by atoms with van der Waals surface area (Å²) in [5.41, 5.74) is 2.61. The molecule has 2 heterocycles. The third kappa shape index (κ3) is 3.45. The molecule has 2 aliphatic rings. The van der Waals surface area contributed by atoms with E-state index in [9.17, 15) is 0 Å². The van der Waals surface area contributed by atoms with Gasteiger partial charge in [-0.3, -0.25) is 0 Å². The first-order valence-electron chi connectivity index (χ1n) is 8.00. The van der Waals surface area contributed by atoms with Gasteiger partial charge in [0.05, 0.1) is 0 Å². The van der Waals surface area contributed by atoms with Gasteiger partial charge in [0.1, 0.15) is 0 Å². The molecule has 3 nitrogen and oxygen atoms in total. The second-order valence-corrected chi connectivity index (χ2v) is 6.25. The largest absolute Gasteiger partial charge is 0.382 e. The topological polar surface area (TPSA) is 24.5 Å². The quantitative estimate of drug-likeness (QED) is 0.913. The van der Waals surface area contributed by atoms with Crippen LogP contribution in [0.15, 0.2) is 24.3 Å². The van der Waals surface area contributed by atoms with Crippen molar-refractivity contribution in [1.82, 2.24) is 0 Å². The number of rotatable bonds is 3. The molecule has 2 saturated heterocycles. The van der Waals surface area contributed by atoms with Crippen molar-refractivity contribution in [3.8, 4) is 0 Å². The molecule has 0 bridgehead atoms. The van der Waals surface area contributed by atoms with Crippen LogP contribution >= 0.6 is 0 Å². The predicted octanol–water partition coefficient (Wildman–Crippen LogP) is 3.51. The number of nitrogens with zero attached hydrogens (tertiary/aromatic N) is 1. The standard InChI is InChI=1S/C17H26N2O/c1-14-6-10-19(11-7-14)17-4-2-15(3-5-17)18-16-8-12-20-13-9-16/h2-5,14,16,18H,6-13H2,1H3. The van der Waals surface area contributed by atoms with Crippen LogP contribution in [-0.4, -0.2) is 32.3 Å². The normalized spacial score (nSPS) is 21.9. The van der Waals surface area contributed by atoms with Crippen LogP contribution in [0.3, 0.4) is 0 Å². The highest BCUT2D eigenvalue weighted by Gasteiger charge is 2.16. The Balaban J connectivity index is 1.56. The minimum absolute atomic E-state index is 0.574. The fourth-order valence-electron chi connectivity index (χ4n) is 3.11. The van der Waals surface area contributed by atoms with Gasteiger partial charge in [0.25, 0.3) is 0 Å². The lowest BCUT2D eigenvalue weighted by molar-refractivity contribution is 0.0904. The summed E-state index contributed by atoms with van der Waals surface area (Å²) in [6, 6.07) is 9.55. The Kier molecular flexibility index (Phi) is 4.46. The number of nitrogens with one attached hydrogen (secondary N) is 1. The van der Waals surface area contributed by atoms with Crippen molar-refractivity contribution >= 4 is 11.4 Å². The van der Waals surface area contributed by atoms with Crippen LogP contribution in [0.4, 0.5) is 11.4 Å². The molecule has 1 aromatic rings. The van der Waals surface area contributed by atoms with Crippen LogP contribution in [-0.2, 0) is 4.74 Å². The summed E-state index contributed by atoms with van der Waals surface area (Å²) in [5, 5.41) is 3.62. The summed E-state index contributed by atoms with van der Waals surface area (Å²) in [5.74, 6) is 0.890. The Morgan fingerprint density at radius 3 is 2.30 bits per heavy atom. The highest BCUT2D eigenvalue weighted by Crippen LogP contribution is 2.25. The lowest BCUT2D eigenvalue weighted by atomic mass is 9.99. The van der Waals surface area contributed by atoms with E-state index in [-0.39, 0.29) is 0 Å². The summed E-state index contributed by atoms with van der Waals surface area (Å²) in [6.45, 7) is 6.55. The zero-order chi connectivity index (χ0) is 13.8. The molecule has 1 aromatic carbocycles. The summed E-state index contributed by atoms with van der Waals surface area (Å²) in [7, 11) is 0. The van der Waals surface area contributed by atoms with E-state index in [1.54, 1.807) is 0 Å². The van der Waals surface area contributed by atoms with Gasteiger partial charge in [0, 0.05) is 43.7 Å². The zero-order valence-corrected chi connectivity index (χ0v) is 12.5. The van der Waals surface area contributed by atoms with Gasteiger partial charge in [0.15, 0.2) is 0 Å². The Hall–Kier alpha value is -1.22. The molecule has 0 saturated carbocycles. The first-order chi connectivity index (χ1) is 9.81. The van der Waals surface area contributed by atoms with Gasteiger partial charge in [-0.15, -0.1) is 0 Å². The van der Waals surface area contributed by atoms with Gasteiger partial charge in [-0.2, -0.15) is 0 Å². The molecule has 1 N–H and O–H groups in total. The van der Waals surface area contributed by atoms with Crippen molar-refractivity contribution in [3.63, 3.8) is 0 Å². The van der Waals surface area contributed by atoms with E-state index in [1.807, 2.05) is 0 Å². The SMILES string of the molecule is CC1CCN(c2ccc(NC3CCOCC3)cc2)CC1. The van der Waals surface area contributed by atoms with Crippen molar-refractivity contribution in [1.29, 1.82) is 0 Å². The summed E-state index contributed by atoms with van der Waals surface area (Å²) in [4.78, 5) is 2.51. The third-order valence-corrected chi connectivity index (χ3v) is 4.61. The fraction of sp³-hybridized carbons (Fsp3) is 0.647. The first-order valence-corrected chi connectivity index (χ1v) is 8.00. The number of piperidine rings is 1. The van der Waals surface area contributed by atoms with E-state index in [0.29, 0.717) is 6.04 Å². The molecule has 0 radical (unpaired) electrons. The second kappa shape index (κ2) is 6.49. The molecule has 0 amide bonds. The maximum atomic E-state index is 5.40. The van der Waals surface area contributed by atoms with E-state index in [1.165, 1.54) is 37.3 Å². The summed E-state index contributed by atoms with van der Waals surface area (Å²) in [6.07, 6.45) is 4.88. The number of ether oxygens (including phenoxy) is 1. The number of benzene rings is 1. The van der Waals surface area contributed by atoms with Crippen molar-refractivity contribution < 1.29 is 4.74 Å². The molecular weight excluding hydrogens is 248 g/mol. The van der Waals surface area contributed by atoms with Gasteiger partial charge < -0.3 is 15.0 Å². The van der Waals surface area contributed by atoms with Crippen LogP contribution < -0.4 is 10.2 Å². The predicted molar refractivity (Wildman–Crippen MR) is 84.5 cm³/mol. The Labute approximate surface area is 122 Å². The third-order valence-electron chi connectivity index (χ3n) is 4.61.